The molecule has 0 saturated heterocycles. The lowest BCUT2D eigenvalue weighted by molar-refractivity contribution is 0.237. The highest BCUT2D eigenvalue weighted by Crippen LogP contribution is 1.98. The summed E-state index contributed by atoms with van der Waals surface area (Å²) < 4.78 is 0. The Kier molecular flexibility index (Phi) is 9.00. The third-order valence-electron chi connectivity index (χ3n) is 2.80. The number of hydrogen-bond donors (Lipinski definition) is 2. The molecule has 0 aliphatic carbocycles. The Hall–Kier alpha value is -0.770. The van der Waals surface area contributed by atoms with Crippen molar-refractivity contribution in [1.82, 2.24) is 10.2 Å². The van der Waals surface area contributed by atoms with Gasteiger partial charge in [0.15, 0.2) is 5.96 Å². The van der Waals surface area contributed by atoms with E-state index in [9.17, 15) is 0 Å². The summed E-state index contributed by atoms with van der Waals surface area (Å²) in [6.07, 6.45) is 2.32. The molecule has 0 aliphatic rings. The maximum absolute atomic E-state index is 5.77. The van der Waals surface area contributed by atoms with Crippen molar-refractivity contribution in [3.05, 3.63) is 0 Å². The summed E-state index contributed by atoms with van der Waals surface area (Å²) in [6, 6.07) is 0.460. The first-order valence-corrected chi connectivity index (χ1v) is 6.43. The Morgan fingerprint density at radius 2 is 1.94 bits per heavy atom. The summed E-state index contributed by atoms with van der Waals surface area (Å²) >= 11 is 0. The van der Waals surface area contributed by atoms with Gasteiger partial charge in [0.25, 0.3) is 0 Å². The number of nitrogens with zero attached hydrogens (tertiary/aromatic N) is 2. The van der Waals surface area contributed by atoms with Gasteiger partial charge in [0.1, 0.15) is 0 Å². The SMILES string of the molecule is CCCCNC(N)=NCC(C)N(CC)CC. The lowest BCUT2D eigenvalue weighted by Crippen LogP contribution is -2.37. The number of likely N-dealkylation sites (N-methyl/N-ethyl adjacent to an activating group) is 1. The molecule has 4 nitrogen and oxygen atoms in total. The van der Waals surface area contributed by atoms with E-state index in [2.05, 4.69) is 42.9 Å². The number of guanidine groups is 1. The minimum absolute atomic E-state index is 0.460. The van der Waals surface area contributed by atoms with E-state index in [1.807, 2.05) is 0 Å². The Labute approximate surface area is 100 Å². The van der Waals surface area contributed by atoms with Gasteiger partial charge in [-0.05, 0) is 26.4 Å². The summed E-state index contributed by atoms with van der Waals surface area (Å²) in [4.78, 5) is 6.73. The average Bonchev–Trinajstić information content (AvgIpc) is 2.28. The summed E-state index contributed by atoms with van der Waals surface area (Å²) in [6.45, 7) is 12.5. The third kappa shape index (κ3) is 6.67. The molecule has 0 bridgehead atoms. The molecule has 0 fully saturated rings. The number of aliphatic imine (C=N–C) groups is 1. The van der Waals surface area contributed by atoms with Crippen LogP contribution in [0.2, 0.25) is 0 Å². The van der Waals surface area contributed by atoms with Crippen LogP contribution in [0.1, 0.15) is 40.5 Å². The first kappa shape index (κ1) is 15.2. The van der Waals surface area contributed by atoms with Gasteiger partial charge in [0.2, 0.25) is 0 Å². The lowest BCUT2D eigenvalue weighted by atomic mass is 10.3. The topological polar surface area (TPSA) is 53.6 Å². The first-order chi connectivity index (χ1) is 7.65. The zero-order chi connectivity index (χ0) is 12.4. The number of unbranched alkanes of at least 4 members (excludes halogenated alkanes) is 1. The highest BCUT2D eigenvalue weighted by Gasteiger charge is 2.08. The van der Waals surface area contributed by atoms with Crippen LogP contribution >= 0.6 is 0 Å². The van der Waals surface area contributed by atoms with Crippen LogP contribution in [0.25, 0.3) is 0 Å². The largest absolute Gasteiger partial charge is 0.370 e. The van der Waals surface area contributed by atoms with Crippen molar-refractivity contribution in [2.45, 2.75) is 46.6 Å². The summed E-state index contributed by atoms with van der Waals surface area (Å²) in [7, 11) is 0. The lowest BCUT2D eigenvalue weighted by Gasteiger charge is -2.24. The normalized spacial score (nSPS) is 14.2. The molecule has 0 radical (unpaired) electrons. The van der Waals surface area contributed by atoms with Crippen LogP contribution in [0, 0.1) is 0 Å². The molecule has 0 heterocycles. The molecule has 0 aliphatic heterocycles. The Balaban J connectivity index is 3.85. The van der Waals surface area contributed by atoms with Crippen LogP contribution in [-0.4, -0.2) is 43.1 Å². The van der Waals surface area contributed by atoms with Crippen molar-refractivity contribution in [3.63, 3.8) is 0 Å². The van der Waals surface area contributed by atoms with E-state index in [1.165, 1.54) is 6.42 Å². The fourth-order valence-corrected chi connectivity index (χ4v) is 1.64. The smallest absolute Gasteiger partial charge is 0.188 e. The van der Waals surface area contributed by atoms with Gasteiger partial charge in [0.05, 0.1) is 6.54 Å². The van der Waals surface area contributed by atoms with Gasteiger partial charge in [-0.15, -0.1) is 0 Å². The van der Waals surface area contributed by atoms with Gasteiger partial charge in [-0.3, -0.25) is 9.89 Å². The fourth-order valence-electron chi connectivity index (χ4n) is 1.64. The van der Waals surface area contributed by atoms with Crippen LogP contribution < -0.4 is 11.1 Å². The van der Waals surface area contributed by atoms with Crippen molar-refractivity contribution in [2.75, 3.05) is 26.2 Å². The average molecular weight is 228 g/mol. The number of nitrogens with one attached hydrogen (secondary N) is 1. The molecule has 96 valence electrons. The molecular weight excluding hydrogens is 200 g/mol. The van der Waals surface area contributed by atoms with Crippen LogP contribution in [0.15, 0.2) is 4.99 Å². The monoisotopic (exact) mass is 228 g/mol. The quantitative estimate of drug-likeness (QED) is 0.375. The molecule has 0 aromatic heterocycles. The second-order valence-electron chi connectivity index (χ2n) is 4.08. The second-order valence-corrected chi connectivity index (χ2v) is 4.08. The number of rotatable bonds is 8. The number of hydrogen-bond acceptors (Lipinski definition) is 2. The number of nitrogens with two attached hydrogens (primary N) is 1. The molecule has 1 unspecified atom stereocenters. The minimum Gasteiger partial charge on any atom is -0.370 e. The van der Waals surface area contributed by atoms with E-state index in [0.29, 0.717) is 12.0 Å². The third-order valence-corrected chi connectivity index (χ3v) is 2.80. The summed E-state index contributed by atoms with van der Waals surface area (Å²) in [5.41, 5.74) is 5.77. The van der Waals surface area contributed by atoms with Gasteiger partial charge in [-0.2, -0.15) is 0 Å². The zero-order valence-corrected chi connectivity index (χ0v) is 11.3. The molecule has 0 amide bonds. The molecule has 0 aromatic carbocycles. The predicted octanol–water partition coefficient (Wildman–Crippen LogP) is 1.42. The Bertz CT molecular complexity index is 187. The van der Waals surface area contributed by atoms with Gasteiger partial charge in [0, 0.05) is 12.6 Å². The van der Waals surface area contributed by atoms with Crippen molar-refractivity contribution in [1.29, 1.82) is 0 Å². The first-order valence-electron chi connectivity index (χ1n) is 6.43. The second kappa shape index (κ2) is 9.46. The van der Waals surface area contributed by atoms with Crippen LogP contribution in [0.3, 0.4) is 0 Å². The molecular formula is C12H28N4. The van der Waals surface area contributed by atoms with Crippen LogP contribution in [0.5, 0.6) is 0 Å². The van der Waals surface area contributed by atoms with E-state index >= 15 is 0 Å². The van der Waals surface area contributed by atoms with Gasteiger partial charge >= 0.3 is 0 Å². The Morgan fingerprint density at radius 1 is 1.31 bits per heavy atom. The standard InChI is InChI=1S/C12H28N4/c1-5-8-9-14-12(13)15-10-11(4)16(6-2)7-3/h11H,5-10H2,1-4H3,(H3,13,14,15). The van der Waals surface area contributed by atoms with E-state index in [0.717, 1.165) is 32.6 Å². The molecule has 0 rings (SSSR count). The minimum atomic E-state index is 0.460. The molecule has 0 saturated carbocycles. The highest BCUT2D eigenvalue weighted by molar-refractivity contribution is 5.77. The summed E-state index contributed by atoms with van der Waals surface area (Å²) in [5.74, 6) is 0.576. The van der Waals surface area contributed by atoms with Gasteiger partial charge in [-0.25, -0.2) is 0 Å². The van der Waals surface area contributed by atoms with Gasteiger partial charge in [-0.1, -0.05) is 27.2 Å². The zero-order valence-electron chi connectivity index (χ0n) is 11.3. The molecule has 16 heavy (non-hydrogen) atoms. The van der Waals surface area contributed by atoms with Crippen molar-refractivity contribution < 1.29 is 0 Å². The van der Waals surface area contributed by atoms with E-state index < -0.39 is 0 Å². The predicted molar refractivity (Wildman–Crippen MR) is 71.8 cm³/mol. The molecule has 4 heteroatoms. The van der Waals surface area contributed by atoms with E-state index in [4.69, 9.17) is 5.73 Å². The maximum Gasteiger partial charge on any atom is 0.188 e. The van der Waals surface area contributed by atoms with Crippen LogP contribution in [-0.2, 0) is 0 Å². The highest BCUT2D eigenvalue weighted by atomic mass is 15.2. The molecule has 3 N–H and O–H groups in total. The van der Waals surface area contributed by atoms with Crippen LogP contribution in [0.4, 0.5) is 0 Å². The maximum atomic E-state index is 5.77. The van der Waals surface area contributed by atoms with Crippen molar-refractivity contribution in [3.8, 4) is 0 Å². The molecule has 1 atom stereocenters. The van der Waals surface area contributed by atoms with Gasteiger partial charge < -0.3 is 11.1 Å². The van der Waals surface area contributed by atoms with E-state index in [1.54, 1.807) is 0 Å². The van der Waals surface area contributed by atoms with Crippen molar-refractivity contribution in [2.24, 2.45) is 10.7 Å². The van der Waals surface area contributed by atoms with Crippen molar-refractivity contribution >= 4 is 5.96 Å². The Morgan fingerprint density at radius 3 is 2.44 bits per heavy atom. The van der Waals surface area contributed by atoms with E-state index in [-0.39, 0.29) is 0 Å². The molecule has 0 aromatic rings. The summed E-state index contributed by atoms with van der Waals surface area (Å²) in [5, 5.41) is 3.12. The molecule has 0 spiro atoms. The fraction of sp³-hybridized carbons (Fsp3) is 0.917.